The SMILES string of the molecule is COc1ccc(N2C(=O)C(Nc3cccc(OC(F)(F)F)c3)=C(c3cccs3)C2=O)cc1. The van der Waals surface area contributed by atoms with Gasteiger partial charge in [0.05, 0.1) is 18.4 Å². The van der Waals surface area contributed by atoms with E-state index in [9.17, 15) is 22.8 Å². The summed E-state index contributed by atoms with van der Waals surface area (Å²) in [6.07, 6.45) is -4.86. The van der Waals surface area contributed by atoms with Gasteiger partial charge in [-0.2, -0.15) is 0 Å². The van der Waals surface area contributed by atoms with E-state index in [2.05, 4.69) is 10.1 Å². The van der Waals surface area contributed by atoms with E-state index < -0.39 is 23.9 Å². The monoisotopic (exact) mass is 460 g/mol. The molecule has 3 aromatic rings. The Morgan fingerprint density at radius 1 is 0.938 bits per heavy atom. The predicted molar refractivity (Wildman–Crippen MR) is 113 cm³/mol. The van der Waals surface area contributed by atoms with E-state index >= 15 is 0 Å². The molecule has 4 rings (SSSR count). The Balaban J connectivity index is 1.71. The highest BCUT2D eigenvalue weighted by atomic mass is 32.1. The number of halogens is 3. The molecular weight excluding hydrogens is 445 g/mol. The van der Waals surface area contributed by atoms with E-state index in [-0.39, 0.29) is 17.0 Å². The van der Waals surface area contributed by atoms with E-state index in [0.717, 1.165) is 17.0 Å². The maximum atomic E-state index is 13.2. The minimum absolute atomic E-state index is 0.0440. The molecule has 0 saturated carbocycles. The summed E-state index contributed by atoms with van der Waals surface area (Å²) < 4.78 is 46.7. The van der Waals surface area contributed by atoms with Gasteiger partial charge in [-0.05, 0) is 47.8 Å². The first-order chi connectivity index (χ1) is 15.3. The fraction of sp³-hybridized carbons (Fsp3) is 0.0909. The van der Waals surface area contributed by atoms with Gasteiger partial charge in [0.1, 0.15) is 17.2 Å². The van der Waals surface area contributed by atoms with Gasteiger partial charge in [-0.15, -0.1) is 24.5 Å². The third kappa shape index (κ3) is 4.30. The van der Waals surface area contributed by atoms with Gasteiger partial charge in [0, 0.05) is 16.6 Å². The lowest BCUT2D eigenvalue weighted by molar-refractivity contribution is -0.274. The lowest BCUT2D eigenvalue weighted by atomic mass is 10.2. The molecule has 1 aliphatic rings. The Morgan fingerprint density at radius 3 is 2.31 bits per heavy atom. The molecule has 0 bridgehead atoms. The van der Waals surface area contributed by atoms with Crippen molar-refractivity contribution in [1.29, 1.82) is 0 Å². The number of rotatable bonds is 6. The van der Waals surface area contributed by atoms with Crippen LogP contribution in [0.2, 0.25) is 0 Å². The van der Waals surface area contributed by atoms with Crippen LogP contribution in [0, 0.1) is 0 Å². The minimum Gasteiger partial charge on any atom is -0.497 e. The fourth-order valence-corrected chi connectivity index (χ4v) is 3.94. The zero-order chi connectivity index (χ0) is 22.9. The molecular formula is C22H15F3N2O4S. The van der Waals surface area contributed by atoms with Gasteiger partial charge < -0.3 is 14.8 Å². The van der Waals surface area contributed by atoms with E-state index in [1.165, 1.54) is 30.6 Å². The van der Waals surface area contributed by atoms with Crippen molar-refractivity contribution in [2.75, 3.05) is 17.3 Å². The number of alkyl halides is 3. The molecule has 164 valence electrons. The second-order valence-corrected chi connectivity index (χ2v) is 7.52. The minimum atomic E-state index is -4.86. The molecule has 2 aromatic carbocycles. The highest BCUT2D eigenvalue weighted by Crippen LogP contribution is 2.36. The zero-order valence-corrected chi connectivity index (χ0v) is 17.3. The van der Waals surface area contributed by atoms with Gasteiger partial charge in [0.25, 0.3) is 11.8 Å². The molecule has 0 atom stereocenters. The first kappa shape index (κ1) is 21.4. The van der Waals surface area contributed by atoms with E-state index in [4.69, 9.17) is 4.74 Å². The Morgan fingerprint density at radius 2 is 1.69 bits per heavy atom. The predicted octanol–water partition coefficient (Wildman–Crippen LogP) is 5.05. The van der Waals surface area contributed by atoms with Crippen LogP contribution in [-0.2, 0) is 9.59 Å². The third-order valence-electron chi connectivity index (χ3n) is 4.52. The van der Waals surface area contributed by atoms with Crippen LogP contribution in [-0.4, -0.2) is 25.3 Å². The van der Waals surface area contributed by atoms with Crippen LogP contribution in [0.1, 0.15) is 4.88 Å². The number of hydrogen-bond donors (Lipinski definition) is 1. The maximum absolute atomic E-state index is 13.2. The number of anilines is 2. The van der Waals surface area contributed by atoms with Gasteiger partial charge in [0.15, 0.2) is 0 Å². The van der Waals surface area contributed by atoms with Gasteiger partial charge in [-0.1, -0.05) is 12.1 Å². The van der Waals surface area contributed by atoms with Crippen molar-refractivity contribution in [3.63, 3.8) is 0 Å². The van der Waals surface area contributed by atoms with Crippen molar-refractivity contribution < 1.29 is 32.2 Å². The fourth-order valence-electron chi connectivity index (χ4n) is 3.18. The third-order valence-corrected chi connectivity index (χ3v) is 5.41. The quantitative estimate of drug-likeness (QED) is 0.522. The molecule has 0 saturated heterocycles. The summed E-state index contributed by atoms with van der Waals surface area (Å²) in [7, 11) is 1.50. The van der Waals surface area contributed by atoms with Crippen molar-refractivity contribution in [3.8, 4) is 11.5 Å². The molecule has 1 aromatic heterocycles. The van der Waals surface area contributed by atoms with Crippen LogP contribution < -0.4 is 19.7 Å². The van der Waals surface area contributed by atoms with Crippen molar-refractivity contribution in [2.45, 2.75) is 6.36 Å². The number of amides is 2. The standard InChI is InChI=1S/C22H15F3N2O4S/c1-30-15-9-7-14(8-10-15)27-20(28)18(17-6-3-11-32-17)19(21(27)29)26-13-4-2-5-16(12-13)31-22(23,24)25/h2-12,26H,1H3. The molecule has 1 N–H and O–H groups in total. The van der Waals surface area contributed by atoms with Gasteiger partial charge in [-0.3, -0.25) is 9.59 Å². The van der Waals surface area contributed by atoms with Crippen LogP contribution in [0.25, 0.3) is 5.57 Å². The number of methoxy groups -OCH3 is 1. The molecule has 1 aliphatic heterocycles. The molecule has 10 heteroatoms. The summed E-state index contributed by atoms with van der Waals surface area (Å²) in [5.41, 5.74) is 0.578. The first-order valence-corrected chi connectivity index (χ1v) is 10.1. The van der Waals surface area contributed by atoms with Crippen molar-refractivity contribution in [1.82, 2.24) is 0 Å². The molecule has 0 aliphatic carbocycles. The van der Waals surface area contributed by atoms with Gasteiger partial charge >= 0.3 is 6.36 Å². The second kappa shape index (κ2) is 8.39. The van der Waals surface area contributed by atoms with Crippen LogP contribution in [0.5, 0.6) is 11.5 Å². The van der Waals surface area contributed by atoms with Gasteiger partial charge in [0.2, 0.25) is 0 Å². The van der Waals surface area contributed by atoms with Crippen molar-refractivity contribution in [3.05, 3.63) is 76.6 Å². The number of nitrogens with zero attached hydrogens (tertiary/aromatic N) is 1. The summed E-state index contributed by atoms with van der Waals surface area (Å²) in [5.74, 6) is -1.08. The number of hydrogen-bond acceptors (Lipinski definition) is 6. The maximum Gasteiger partial charge on any atom is 0.573 e. The number of carbonyl (C=O) groups excluding carboxylic acids is 2. The second-order valence-electron chi connectivity index (χ2n) is 6.57. The zero-order valence-electron chi connectivity index (χ0n) is 16.5. The summed E-state index contributed by atoms with van der Waals surface area (Å²) in [4.78, 5) is 28.0. The Bertz CT molecular complexity index is 1190. The summed E-state index contributed by atoms with van der Waals surface area (Å²) in [6, 6.07) is 14.8. The summed E-state index contributed by atoms with van der Waals surface area (Å²) in [5, 5.41) is 4.57. The highest BCUT2D eigenvalue weighted by Gasteiger charge is 2.40. The van der Waals surface area contributed by atoms with Crippen LogP contribution in [0.15, 0.2) is 71.7 Å². The topological polar surface area (TPSA) is 67.9 Å². The Kier molecular flexibility index (Phi) is 5.62. The first-order valence-electron chi connectivity index (χ1n) is 9.20. The molecule has 2 amide bonds. The van der Waals surface area contributed by atoms with E-state index in [1.54, 1.807) is 41.8 Å². The molecule has 0 fully saturated rings. The molecule has 0 radical (unpaired) electrons. The molecule has 2 heterocycles. The number of imide groups is 1. The highest BCUT2D eigenvalue weighted by molar-refractivity contribution is 7.11. The molecule has 0 spiro atoms. The van der Waals surface area contributed by atoms with Crippen LogP contribution in [0.4, 0.5) is 24.5 Å². The lowest BCUT2D eigenvalue weighted by Gasteiger charge is -2.16. The molecule has 0 unspecified atom stereocenters. The number of nitrogens with one attached hydrogen (secondary N) is 1. The average Bonchev–Trinajstić information content (AvgIpc) is 3.34. The largest absolute Gasteiger partial charge is 0.573 e. The normalized spacial score (nSPS) is 14.2. The average molecular weight is 460 g/mol. The van der Waals surface area contributed by atoms with Crippen molar-refractivity contribution >= 4 is 40.1 Å². The Labute approximate surface area is 184 Å². The molecule has 32 heavy (non-hydrogen) atoms. The summed E-state index contributed by atoms with van der Waals surface area (Å²) >= 11 is 1.26. The van der Waals surface area contributed by atoms with E-state index in [1.807, 2.05) is 0 Å². The number of benzene rings is 2. The number of thiophene rings is 1. The van der Waals surface area contributed by atoms with E-state index in [0.29, 0.717) is 16.3 Å². The number of ether oxygens (including phenoxy) is 2. The molecule has 6 nitrogen and oxygen atoms in total. The lowest BCUT2D eigenvalue weighted by Crippen LogP contribution is -2.32. The van der Waals surface area contributed by atoms with Crippen LogP contribution in [0.3, 0.4) is 0 Å². The van der Waals surface area contributed by atoms with Crippen molar-refractivity contribution in [2.24, 2.45) is 0 Å². The Hall–Kier alpha value is -3.79. The van der Waals surface area contributed by atoms with Crippen LogP contribution >= 0.6 is 11.3 Å². The summed E-state index contributed by atoms with van der Waals surface area (Å²) in [6.45, 7) is 0. The number of carbonyl (C=O) groups is 2. The van der Waals surface area contributed by atoms with Gasteiger partial charge in [-0.25, -0.2) is 4.90 Å². The smallest absolute Gasteiger partial charge is 0.497 e.